The molecule has 3 fully saturated rings. The minimum Gasteiger partial charge on any atom is -0.362 e. The summed E-state index contributed by atoms with van der Waals surface area (Å²) >= 11 is 0. The molecule has 0 spiro atoms. The van der Waals surface area contributed by atoms with Crippen molar-refractivity contribution in [1.29, 1.82) is 0 Å². The Hall–Kier alpha value is -1.14. The molecule has 0 atom stereocenters. The molecule has 0 aromatic rings. The number of rotatable bonds is 8. The first-order valence-electron chi connectivity index (χ1n) is 10.5. The monoisotopic (exact) mass is 365 g/mol. The van der Waals surface area contributed by atoms with Gasteiger partial charge in [0.2, 0.25) is 11.8 Å². The number of amides is 2. The molecule has 3 rings (SSSR count). The van der Waals surface area contributed by atoms with Crippen molar-refractivity contribution in [3.05, 3.63) is 0 Å². The smallest absolute Gasteiger partial charge is 0.248 e. The van der Waals surface area contributed by atoms with E-state index in [1.165, 1.54) is 58.0 Å². The summed E-state index contributed by atoms with van der Waals surface area (Å²) in [5, 5.41) is 3.02. The Bertz CT molecular complexity index is 465. The van der Waals surface area contributed by atoms with Gasteiger partial charge in [0, 0.05) is 31.6 Å². The van der Waals surface area contributed by atoms with Crippen LogP contribution in [0.25, 0.3) is 0 Å². The van der Waals surface area contributed by atoms with Crippen LogP contribution in [-0.4, -0.2) is 74.1 Å². The topological polar surface area (TPSA) is 61.9 Å². The molecule has 26 heavy (non-hydrogen) atoms. The zero-order valence-electron chi connectivity index (χ0n) is 16.1. The molecule has 148 valence electrons. The van der Waals surface area contributed by atoms with Gasteiger partial charge >= 0.3 is 0 Å². The highest BCUT2D eigenvalue weighted by Gasteiger charge is 2.44. The lowest BCUT2D eigenvalue weighted by Crippen LogP contribution is -2.41. The van der Waals surface area contributed by atoms with E-state index in [2.05, 4.69) is 10.2 Å². The number of nitrogens with zero attached hydrogens (tertiary/aromatic N) is 2. The summed E-state index contributed by atoms with van der Waals surface area (Å²) in [7, 11) is 0. The standard InChI is InChI=1S/C20H35N3O3/c24-18(14-26-15-19(25)23-12-6-1-2-7-13-23)21-16-20(8-9-20)17-22-10-4-3-5-11-22/h1-17H2,(H,21,24). The second-order valence-electron chi connectivity index (χ2n) is 8.40. The number of piperidine rings is 1. The molecule has 1 aliphatic carbocycles. The third kappa shape index (κ3) is 6.23. The van der Waals surface area contributed by atoms with Gasteiger partial charge in [-0.05, 0) is 51.6 Å². The lowest BCUT2D eigenvalue weighted by molar-refractivity contribution is -0.138. The highest BCUT2D eigenvalue weighted by molar-refractivity contribution is 5.79. The van der Waals surface area contributed by atoms with Gasteiger partial charge in [-0.1, -0.05) is 19.3 Å². The Labute approximate surface area is 157 Å². The summed E-state index contributed by atoms with van der Waals surface area (Å²) in [6.45, 7) is 5.93. The Kier molecular flexibility index (Phi) is 7.32. The fourth-order valence-corrected chi connectivity index (χ4v) is 4.14. The molecule has 2 saturated heterocycles. The van der Waals surface area contributed by atoms with E-state index < -0.39 is 0 Å². The van der Waals surface area contributed by atoms with Crippen LogP contribution in [0.2, 0.25) is 0 Å². The Morgan fingerprint density at radius 2 is 1.46 bits per heavy atom. The maximum absolute atomic E-state index is 12.1. The van der Waals surface area contributed by atoms with Gasteiger partial charge in [0.1, 0.15) is 13.2 Å². The first-order valence-corrected chi connectivity index (χ1v) is 10.5. The van der Waals surface area contributed by atoms with Crippen molar-refractivity contribution in [2.75, 3.05) is 52.5 Å². The summed E-state index contributed by atoms with van der Waals surface area (Å²) in [4.78, 5) is 28.6. The average Bonchev–Trinajstić information content (AvgIpc) is 3.45. The predicted octanol–water partition coefficient (Wildman–Crippen LogP) is 1.79. The molecule has 0 aromatic heterocycles. The van der Waals surface area contributed by atoms with Gasteiger partial charge in [0.05, 0.1) is 0 Å². The Morgan fingerprint density at radius 1 is 0.846 bits per heavy atom. The minimum atomic E-state index is -0.0985. The van der Waals surface area contributed by atoms with Crippen molar-refractivity contribution in [2.24, 2.45) is 5.41 Å². The van der Waals surface area contributed by atoms with E-state index in [1.807, 2.05) is 4.90 Å². The predicted molar refractivity (Wildman–Crippen MR) is 101 cm³/mol. The van der Waals surface area contributed by atoms with Gasteiger partial charge in [-0.25, -0.2) is 0 Å². The van der Waals surface area contributed by atoms with Crippen LogP contribution in [0.5, 0.6) is 0 Å². The highest BCUT2D eigenvalue weighted by atomic mass is 16.5. The molecular weight excluding hydrogens is 330 g/mol. The number of carbonyl (C=O) groups excluding carboxylic acids is 2. The largest absolute Gasteiger partial charge is 0.362 e. The maximum atomic E-state index is 12.1. The van der Waals surface area contributed by atoms with Crippen LogP contribution in [0.15, 0.2) is 0 Å². The normalized spacial score (nSPS) is 23.3. The molecule has 2 aliphatic heterocycles. The van der Waals surface area contributed by atoms with E-state index >= 15 is 0 Å². The summed E-state index contributed by atoms with van der Waals surface area (Å²) in [5.41, 5.74) is 0.287. The van der Waals surface area contributed by atoms with Gasteiger partial charge in [0.25, 0.3) is 0 Å². The minimum absolute atomic E-state index is 0.0145. The fraction of sp³-hybridized carbons (Fsp3) is 0.900. The number of ether oxygens (including phenoxy) is 1. The summed E-state index contributed by atoms with van der Waals surface area (Å²) < 4.78 is 5.37. The van der Waals surface area contributed by atoms with E-state index in [4.69, 9.17) is 4.74 Å². The van der Waals surface area contributed by atoms with Gasteiger partial charge in [-0.15, -0.1) is 0 Å². The van der Waals surface area contributed by atoms with E-state index in [9.17, 15) is 9.59 Å². The first kappa shape index (κ1) is 19.6. The lowest BCUT2D eigenvalue weighted by Gasteiger charge is -2.30. The zero-order valence-corrected chi connectivity index (χ0v) is 16.1. The van der Waals surface area contributed by atoms with Crippen LogP contribution in [0.1, 0.15) is 57.8 Å². The summed E-state index contributed by atoms with van der Waals surface area (Å²) in [5.74, 6) is -0.0814. The van der Waals surface area contributed by atoms with Gasteiger partial charge in [0.15, 0.2) is 0 Å². The second kappa shape index (κ2) is 9.70. The van der Waals surface area contributed by atoms with E-state index in [-0.39, 0.29) is 30.4 Å². The highest BCUT2D eigenvalue weighted by Crippen LogP contribution is 2.45. The van der Waals surface area contributed by atoms with Crippen molar-refractivity contribution in [1.82, 2.24) is 15.1 Å². The molecule has 0 radical (unpaired) electrons. The molecule has 0 unspecified atom stereocenters. The van der Waals surface area contributed by atoms with Gasteiger partial charge in [-0.2, -0.15) is 0 Å². The molecule has 0 bridgehead atoms. The van der Waals surface area contributed by atoms with Crippen molar-refractivity contribution in [3.63, 3.8) is 0 Å². The molecular formula is C20H35N3O3. The van der Waals surface area contributed by atoms with Crippen LogP contribution in [0, 0.1) is 5.41 Å². The Balaban J connectivity index is 1.28. The average molecular weight is 366 g/mol. The van der Waals surface area contributed by atoms with E-state index in [0.29, 0.717) is 0 Å². The molecule has 3 aliphatic rings. The fourth-order valence-electron chi connectivity index (χ4n) is 4.14. The van der Waals surface area contributed by atoms with Crippen LogP contribution >= 0.6 is 0 Å². The van der Waals surface area contributed by atoms with E-state index in [0.717, 1.165) is 39.0 Å². The summed E-state index contributed by atoms with van der Waals surface area (Å²) in [6.07, 6.45) is 10.9. The maximum Gasteiger partial charge on any atom is 0.248 e. The van der Waals surface area contributed by atoms with Crippen molar-refractivity contribution >= 4 is 11.8 Å². The SMILES string of the molecule is O=C(COCC(=O)N1CCCCCC1)NCC1(CN2CCCCC2)CC1. The molecule has 6 nitrogen and oxygen atoms in total. The third-order valence-electron chi connectivity index (χ3n) is 6.04. The summed E-state index contributed by atoms with van der Waals surface area (Å²) in [6, 6.07) is 0. The number of hydrogen-bond acceptors (Lipinski definition) is 4. The Morgan fingerprint density at radius 3 is 2.12 bits per heavy atom. The number of likely N-dealkylation sites (tertiary alicyclic amines) is 2. The van der Waals surface area contributed by atoms with Crippen molar-refractivity contribution in [2.45, 2.75) is 57.8 Å². The van der Waals surface area contributed by atoms with Crippen LogP contribution < -0.4 is 5.32 Å². The number of nitrogens with one attached hydrogen (secondary N) is 1. The molecule has 2 amide bonds. The van der Waals surface area contributed by atoms with Crippen LogP contribution in [0.3, 0.4) is 0 Å². The lowest BCUT2D eigenvalue weighted by atomic mass is 10.0. The van der Waals surface area contributed by atoms with Crippen LogP contribution in [0.4, 0.5) is 0 Å². The van der Waals surface area contributed by atoms with Crippen molar-refractivity contribution < 1.29 is 14.3 Å². The van der Waals surface area contributed by atoms with Gasteiger partial charge < -0.3 is 19.9 Å². The molecule has 2 heterocycles. The first-order chi connectivity index (χ1) is 12.7. The molecule has 0 aromatic carbocycles. The third-order valence-corrected chi connectivity index (χ3v) is 6.04. The molecule has 1 saturated carbocycles. The molecule has 6 heteroatoms. The number of carbonyl (C=O) groups is 2. The second-order valence-corrected chi connectivity index (χ2v) is 8.40. The van der Waals surface area contributed by atoms with Gasteiger partial charge in [-0.3, -0.25) is 9.59 Å². The van der Waals surface area contributed by atoms with E-state index in [1.54, 1.807) is 0 Å². The van der Waals surface area contributed by atoms with Crippen molar-refractivity contribution in [3.8, 4) is 0 Å². The van der Waals surface area contributed by atoms with Crippen LogP contribution in [-0.2, 0) is 14.3 Å². The molecule has 1 N–H and O–H groups in total. The number of hydrogen-bond donors (Lipinski definition) is 1. The zero-order chi connectivity index (χ0) is 18.2. The quantitative estimate of drug-likeness (QED) is 0.712.